The fraction of sp³-hybridized carbons (Fsp3) is 0.522. The van der Waals surface area contributed by atoms with Crippen LogP contribution in [-0.2, 0) is 10.0 Å². The summed E-state index contributed by atoms with van der Waals surface area (Å²) in [5, 5.41) is 9.18. The van der Waals surface area contributed by atoms with Crippen molar-refractivity contribution in [2.75, 3.05) is 26.0 Å². The Morgan fingerprint density at radius 1 is 1.12 bits per heavy atom. The summed E-state index contributed by atoms with van der Waals surface area (Å²) in [6, 6.07) is 7.23. The lowest BCUT2D eigenvalue weighted by molar-refractivity contribution is 0.336. The number of hydrogen-bond acceptors (Lipinski definition) is 6. The first-order valence-corrected chi connectivity index (χ1v) is 12.9. The van der Waals surface area contributed by atoms with E-state index in [-0.39, 0.29) is 4.90 Å². The van der Waals surface area contributed by atoms with Gasteiger partial charge in [0, 0.05) is 32.4 Å². The quantitative estimate of drug-likeness (QED) is 0.503. The number of benzene rings is 1. The zero-order valence-electron chi connectivity index (χ0n) is 19.1. The van der Waals surface area contributed by atoms with Crippen molar-refractivity contribution in [1.82, 2.24) is 24.1 Å². The van der Waals surface area contributed by atoms with E-state index in [1.807, 2.05) is 18.3 Å². The second kappa shape index (κ2) is 9.54. The molecule has 4 rings (SSSR count). The highest BCUT2D eigenvalue weighted by Crippen LogP contribution is 2.34. The van der Waals surface area contributed by atoms with E-state index in [0.717, 1.165) is 54.5 Å². The van der Waals surface area contributed by atoms with Crippen LogP contribution in [0, 0.1) is 0 Å². The molecular weight excluding hydrogens is 424 g/mol. The van der Waals surface area contributed by atoms with Crippen molar-refractivity contribution in [2.24, 2.45) is 0 Å². The van der Waals surface area contributed by atoms with Crippen molar-refractivity contribution in [1.29, 1.82) is 0 Å². The third-order valence-corrected chi connectivity index (χ3v) is 7.92. The van der Waals surface area contributed by atoms with Gasteiger partial charge >= 0.3 is 0 Å². The van der Waals surface area contributed by atoms with Crippen molar-refractivity contribution in [2.45, 2.75) is 62.8 Å². The summed E-state index contributed by atoms with van der Waals surface area (Å²) in [5.74, 6) is 0.627. The first-order chi connectivity index (χ1) is 15.4. The van der Waals surface area contributed by atoms with Crippen molar-refractivity contribution < 1.29 is 8.42 Å². The Hall–Kier alpha value is -2.52. The SMILES string of the molecule is CCCCNc1ncc2c(-c3ccc(S(=O)(=O)N(C)C)cc3)nn(C3CCCCC3)c2n1. The normalized spacial score (nSPS) is 15.5. The molecule has 172 valence electrons. The van der Waals surface area contributed by atoms with Crippen molar-refractivity contribution >= 4 is 27.0 Å². The first-order valence-electron chi connectivity index (χ1n) is 11.4. The molecule has 0 saturated heterocycles. The number of sulfonamides is 1. The number of aromatic nitrogens is 4. The Kier molecular flexibility index (Phi) is 6.76. The van der Waals surface area contributed by atoms with Gasteiger partial charge in [-0.1, -0.05) is 44.7 Å². The summed E-state index contributed by atoms with van der Waals surface area (Å²) >= 11 is 0. The number of fused-ring (bicyclic) bond motifs is 1. The van der Waals surface area contributed by atoms with Gasteiger partial charge < -0.3 is 5.32 Å². The number of rotatable bonds is 8. The van der Waals surface area contributed by atoms with Crippen LogP contribution in [0.15, 0.2) is 35.4 Å². The van der Waals surface area contributed by atoms with Crippen molar-refractivity contribution in [3.63, 3.8) is 0 Å². The fourth-order valence-corrected chi connectivity index (χ4v) is 5.08. The maximum atomic E-state index is 12.4. The van der Waals surface area contributed by atoms with E-state index in [4.69, 9.17) is 10.1 Å². The second-order valence-electron chi connectivity index (χ2n) is 8.61. The van der Waals surface area contributed by atoms with Crippen molar-refractivity contribution in [3.8, 4) is 11.3 Å². The summed E-state index contributed by atoms with van der Waals surface area (Å²) in [7, 11) is -0.405. The van der Waals surface area contributed by atoms with Gasteiger partial charge in [0.1, 0.15) is 5.69 Å². The minimum absolute atomic E-state index is 0.265. The van der Waals surface area contributed by atoms with E-state index in [9.17, 15) is 8.42 Å². The zero-order chi connectivity index (χ0) is 22.7. The lowest BCUT2D eigenvalue weighted by atomic mass is 9.96. The average molecular weight is 457 g/mol. The highest BCUT2D eigenvalue weighted by molar-refractivity contribution is 7.89. The Bertz CT molecular complexity index is 1170. The van der Waals surface area contributed by atoms with E-state index >= 15 is 0 Å². The second-order valence-corrected chi connectivity index (χ2v) is 10.8. The molecule has 0 radical (unpaired) electrons. The molecule has 0 aliphatic heterocycles. The van der Waals surface area contributed by atoms with Crippen LogP contribution in [0.25, 0.3) is 22.3 Å². The smallest absolute Gasteiger partial charge is 0.242 e. The van der Waals surface area contributed by atoms with E-state index in [1.54, 1.807) is 12.1 Å². The number of anilines is 1. The van der Waals surface area contributed by atoms with Crippen LogP contribution in [-0.4, -0.2) is 53.1 Å². The summed E-state index contributed by atoms with van der Waals surface area (Å²) in [6.07, 6.45) is 9.87. The lowest BCUT2D eigenvalue weighted by Gasteiger charge is -2.22. The molecule has 9 heteroatoms. The molecule has 1 N–H and O–H groups in total. The largest absolute Gasteiger partial charge is 0.354 e. The van der Waals surface area contributed by atoms with Crippen LogP contribution in [0.5, 0.6) is 0 Å². The summed E-state index contributed by atoms with van der Waals surface area (Å²) < 4.78 is 28.1. The number of nitrogens with one attached hydrogen (secondary N) is 1. The van der Waals surface area contributed by atoms with Crippen LogP contribution < -0.4 is 5.32 Å². The van der Waals surface area contributed by atoms with Gasteiger partial charge in [-0.25, -0.2) is 22.4 Å². The first kappa shape index (κ1) is 22.7. The molecule has 0 amide bonds. The molecule has 2 heterocycles. The van der Waals surface area contributed by atoms with Crippen LogP contribution in [0.3, 0.4) is 0 Å². The molecule has 32 heavy (non-hydrogen) atoms. The summed E-state index contributed by atoms with van der Waals surface area (Å²) in [4.78, 5) is 9.61. The summed E-state index contributed by atoms with van der Waals surface area (Å²) in [6.45, 7) is 3.00. The van der Waals surface area contributed by atoms with Crippen LogP contribution in [0.1, 0.15) is 57.9 Å². The Labute approximate surface area is 190 Å². The molecule has 1 saturated carbocycles. The van der Waals surface area contributed by atoms with E-state index in [2.05, 4.69) is 21.9 Å². The molecule has 1 fully saturated rings. The maximum absolute atomic E-state index is 12.4. The Morgan fingerprint density at radius 2 is 1.84 bits per heavy atom. The van der Waals surface area contributed by atoms with Gasteiger partial charge in [-0.2, -0.15) is 10.1 Å². The Morgan fingerprint density at radius 3 is 2.50 bits per heavy atom. The molecular formula is C23H32N6O2S. The number of unbranched alkanes of at least 4 members (excludes halogenated alkanes) is 1. The monoisotopic (exact) mass is 456 g/mol. The van der Waals surface area contributed by atoms with Crippen LogP contribution >= 0.6 is 0 Å². The van der Waals surface area contributed by atoms with E-state index < -0.39 is 10.0 Å². The molecule has 0 unspecified atom stereocenters. The van der Waals surface area contributed by atoms with Crippen LogP contribution in [0.2, 0.25) is 0 Å². The Balaban J connectivity index is 1.75. The standard InChI is InChI=1S/C23H32N6O2S/c1-4-5-15-24-23-25-16-20-21(17-11-13-19(14-12-17)32(30,31)28(2)3)27-29(22(20)26-23)18-9-7-6-8-10-18/h11-14,16,18H,4-10,15H2,1-3H3,(H,24,25,26). The van der Waals surface area contributed by atoms with Gasteiger partial charge in [-0.15, -0.1) is 0 Å². The molecule has 1 aromatic carbocycles. The van der Waals surface area contributed by atoms with Crippen molar-refractivity contribution in [3.05, 3.63) is 30.5 Å². The zero-order valence-corrected chi connectivity index (χ0v) is 19.9. The molecule has 0 bridgehead atoms. The molecule has 3 aromatic rings. The third kappa shape index (κ3) is 4.49. The van der Waals surface area contributed by atoms with E-state index in [0.29, 0.717) is 12.0 Å². The lowest BCUT2D eigenvalue weighted by Crippen LogP contribution is -2.22. The van der Waals surface area contributed by atoms with Gasteiger partial charge in [0.05, 0.1) is 16.3 Å². The topological polar surface area (TPSA) is 93.0 Å². The highest BCUT2D eigenvalue weighted by atomic mass is 32.2. The number of nitrogens with zero attached hydrogens (tertiary/aromatic N) is 5. The molecule has 0 spiro atoms. The third-order valence-electron chi connectivity index (χ3n) is 6.09. The number of hydrogen-bond donors (Lipinski definition) is 1. The molecule has 2 aromatic heterocycles. The van der Waals surface area contributed by atoms with E-state index in [1.165, 1.54) is 37.7 Å². The van der Waals surface area contributed by atoms with Crippen LogP contribution in [0.4, 0.5) is 5.95 Å². The highest BCUT2D eigenvalue weighted by Gasteiger charge is 2.23. The molecule has 1 aliphatic carbocycles. The molecule has 1 aliphatic rings. The average Bonchev–Trinajstić information content (AvgIpc) is 3.19. The fourth-order valence-electron chi connectivity index (χ4n) is 4.17. The van der Waals surface area contributed by atoms with Gasteiger partial charge in [0.15, 0.2) is 5.65 Å². The summed E-state index contributed by atoms with van der Waals surface area (Å²) in [5.41, 5.74) is 2.49. The molecule has 0 atom stereocenters. The molecule has 8 nitrogen and oxygen atoms in total. The maximum Gasteiger partial charge on any atom is 0.242 e. The van der Waals surface area contributed by atoms with Gasteiger partial charge in [0.2, 0.25) is 16.0 Å². The minimum atomic E-state index is -3.47. The predicted molar refractivity (Wildman–Crippen MR) is 127 cm³/mol. The van der Waals surface area contributed by atoms with Gasteiger partial charge in [-0.05, 0) is 31.4 Å². The minimum Gasteiger partial charge on any atom is -0.354 e. The van der Waals surface area contributed by atoms with Gasteiger partial charge in [-0.3, -0.25) is 0 Å². The van der Waals surface area contributed by atoms with Gasteiger partial charge in [0.25, 0.3) is 0 Å². The predicted octanol–water partition coefficient (Wildman–Crippen LogP) is 4.46.